The largest absolute Gasteiger partial charge is 0.491 e. The van der Waals surface area contributed by atoms with Crippen molar-refractivity contribution in [3.63, 3.8) is 0 Å². The molecule has 1 atom stereocenters. The van der Waals surface area contributed by atoms with Gasteiger partial charge in [-0.2, -0.15) is 0 Å². The third kappa shape index (κ3) is 3.66. The van der Waals surface area contributed by atoms with Crippen LogP contribution >= 0.6 is 0 Å². The second-order valence-electron chi connectivity index (χ2n) is 6.36. The number of hydrogen-bond donors (Lipinski definition) is 1. The number of benzene rings is 1. The molecular formula is C19H24N2O. The second-order valence-corrected chi connectivity index (χ2v) is 6.36. The SMILES string of the molecule is Cc1ccccc1CC1(COc2cccnc2)CCCNC1. The zero-order valence-electron chi connectivity index (χ0n) is 13.2. The Morgan fingerprint density at radius 2 is 2.14 bits per heavy atom. The molecule has 1 aliphatic heterocycles. The summed E-state index contributed by atoms with van der Waals surface area (Å²) in [6, 6.07) is 12.6. The predicted molar refractivity (Wildman–Crippen MR) is 89.2 cm³/mol. The summed E-state index contributed by atoms with van der Waals surface area (Å²) in [5, 5.41) is 3.56. The lowest BCUT2D eigenvalue weighted by atomic mass is 9.75. The molecule has 0 aliphatic carbocycles. The minimum Gasteiger partial charge on any atom is -0.491 e. The van der Waals surface area contributed by atoms with E-state index in [2.05, 4.69) is 41.5 Å². The maximum atomic E-state index is 6.06. The van der Waals surface area contributed by atoms with E-state index in [0.717, 1.165) is 31.9 Å². The van der Waals surface area contributed by atoms with Crippen molar-refractivity contribution in [1.82, 2.24) is 10.3 Å². The first-order chi connectivity index (χ1) is 10.8. The first kappa shape index (κ1) is 15.0. The molecule has 22 heavy (non-hydrogen) atoms. The average molecular weight is 296 g/mol. The standard InChI is InChI=1S/C19H24N2O/c1-16-6-2-3-7-17(16)12-19(9-5-11-21-14-19)15-22-18-8-4-10-20-13-18/h2-4,6-8,10,13,21H,5,9,11-12,14-15H2,1H3. The van der Waals surface area contributed by atoms with Crippen molar-refractivity contribution < 1.29 is 4.74 Å². The molecule has 1 aliphatic rings. The Bertz CT molecular complexity index is 591. The van der Waals surface area contributed by atoms with Gasteiger partial charge in [0.05, 0.1) is 12.8 Å². The Balaban J connectivity index is 1.74. The van der Waals surface area contributed by atoms with Gasteiger partial charge in [-0.25, -0.2) is 0 Å². The number of aromatic nitrogens is 1. The predicted octanol–water partition coefficient (Wildman–Crippen LogP) is 3.38. The monoisotopic (exact) mass is 296 g/mol. The van der Waals surface area contributed by atoms with E-state index >= 15 is 0 Å². The maximum absolute atomic E-state index is 6.06. The Morgan fingerprint density at radius 3 is 2.86 bits per heavy atom. The summed E-state index contributed by atoms with van der Waals surface area (Å²) >= 11 is 0. The number of piperidine rings is 1. The minimum atomic E-state index is 0.167. The highest BCUT2D eigenvalue weighted by Crippen LogP contribution is 2.32. The van der Waals surface area contributed by atoms with Crippen LogP contribution in [-0.2, 0) is 6.42 Å². The lowest BCUT2D eigenvalue weighted by Crippen LogP contribution is -2.45. The van der Waals surface area contributed by atoms with Gasteiger partial charge in [0.25, 0.3) is 0 Å². The Labute approximate surface area is 132 Å². The number of rotatable bonds is 5. The summed E-state index contributed by atoms with van der Waals surface area (Å²) in [6.45, 7) is 5.06. The Morgan fingerprint density at radius 1 is 1.23 bits per heavy atom. The molecule has 1 N–H and O–H groups in total. The second kappa shape index (κ2) is 6.93. The number of pyridine rings is 1. The molecule has 3 rings (SSSR count). The zero-order valence-corrected chi connectivity index (χ0v) is 13.2. The van der Waals surface area contributed by atoms with Crippen molar-refractivity contribution >= 4 is 0 Å². The number of ether oxygens (including phenoxy) is 1. The summed E-state index contributed by atoms with van der Waals surface area (Å²) in [4.78, 5) is 4.13. The van der Waals surface area contributed by atoms with Gasteiger partial charge in [-0.15, -0.1) is 0 Å². The molecule has 3 heteroatoms. The molecule has 1 saturated heterocycles. The minimum absolute atomic E-state index is 0.167. The maximum Gasteiger partial charge on any atom is 0.137 e. The number of nitrogens with zero attached hydrogens (tertiary/aromatic N) is 1. The summed E-state index contributed by atoms with van der Waals surface area (Å²) in [5.74, 6) is 0.859. The smallest absolute Gasteiger partial charge is 0.137 e. The Hall–Kier alpha value is -1.87. The molecule has 3 nitrogen and oxygen atoms in total. The topological polar surface area (TPSA) is 34.1 Å². The molecule has 2 heterocycles. The van der Waals surface area contributed by atoms with Crippen LogP contribution in [0.1, 0.15) is 24.0 Å². The Kier molecular flexibility index (Phi) is 4.74. The lowest BCUT2D eigenvalue weighted by molar-refractivity contribution is 0.109. The molecule has 116 valence electrons. The highest BCUT2D eigenvalue weighted by Gasteiger charge is 2.33. The van der Waals surface area contributed by atoms with E-state index in [1.54, 1.807) is 12.4 Å². The van der Waals surface area contributed by atoms with E-state index in [1.165, 1.54) is 24.0 Å². The molecule has 1 unspecified atom stereocenters. The van der Waals surface area contributed by atoms with Crippen LogP contribution in [0.5, 0.6) is 5.75 Å². The van der Waals surface area contributed by atoms with E-state index in [0.29, 0.717) is 0 Å². The normalized spacial score (nSPS) is 21.5. The van der Waals surface area contributed by atoms with Gasteiger partial charge < -0.3 is 10.1 Å². The van der Waals surface area contributed by atoms with Crippen LogP contribution in [0.25, 0.3) is 0 Å². The zero-order chi connectivity index (χ0) is 15.3. The van der Waals surface area contributed by atoms with Crippen molar-refractivity contribution in [3.05, 3.63) is 59.9 Å². The fourth-order valence-electron chi connectivity index (χ4n) is 3.24. The van der Waals surface area contributed by atoms with E-state index in [9.17, 15) is 0 Å². The van der Waals surface area contributed by atoms with Crippen LogP contribution in [-0.4, -0.2) is 24.7 Å². The fraction of sp³-hybridized carbons (Fsp3) is 0.421. The number of aryl methyl sites for hydroxylation is 1. The highest BCUT2D eigenvalue weighted by atomic mass is 16.5. The van der Waals surface area contributed by atoms with Gasteiger partial charge in [0.2, 0.25) is 0 Å². The van der Waals surface area contributed by atoms with Gasteiger partial charge in [0.1, 0.15) is 5.75 Å². The molecule has 2 aromatic rings. The first-order valence-electron chi connectivity index (χ1n) is 8.06. The summed E-state index contributed by atoms with van der Waals surface area (Å²) in [7, 11) is 0. The number of nitrogens with one attached hydrogen (secondary N) is 1. The molecule has 0 amide bonds. The highest BCUT2D eigenvalue weighted by molar-refractivity contribution is 5.27. The van der Waals surface area contributed by atoms with Gasteiger partial charge >= 0.3 is 0 Å². The van der Waals surface area contributed by atoms with E-state index in [4.69, 9.17) is 4.74 Å². The molecular weight excluding hydrogens is 272 g/mol. The van der Waals surface area contributed by atoms with Crippen LogP contribution in [0.3, 0.4) is 0 Å². The van der Waals surface area contributed by atoms with Gasteiger partial charge in [0.15, 0.2) is 0 Å². The van der Waals surface area contributed by atoms with E-state index < -0.39 is 0 Å². The molecule has 0 bridgehead atoms. The molecule has 1 fully saturated rings. The van der Waals surface area contributed by atoms with Gasteiger partial charge in [-0.05, 0) is 56.0 Å². The summed E-state index contributed by atoms with van der Waals surface area (Å²) in [5.41, 5.74) is 2.97. The van der Waals surface area contributed by atoms with Crippen molar-refractivity contribution in [3.8, 4) is 5.75 Å². The first-order valence-corrected chi connectivity index (χ1v) is 8.06. The van der Waals surface area contributed by atoms with E-state index in [-0.39, 0.29) is 5.41 Å². The van der Waals surface area contributed by atoms with Crippen LogP contribution in [0.15, 0.2) is 48.8 Å². The van der Waals surface area contributed by atoms with Crippen molar-refractivity contribution in [1.29, 1.82) is 0 Å². The van der Waals surface area contributed by atoms with Crippen LogP contribution in [0.4, 0.5) is 0 Å². The summed E-state index contributed by atoms with van der Waals surface area (Å²) < 4.78 is 6.06. The van der Waals surface area contributed by atoms with Gasteiger partial charge in [-0.1, -0.05) is 24.3 Å². The molecule has 1 aromatic heterocycles. The molecule has 1 aromatic carbocycles. The van der Waals surface area contributed by atoms with Crippen molar-refractivity contribution in [2.75, 3.05) is 19.7 Å². The van der Waals surface area contributed by atoms with Crippen molar-refractivity contribution in [2.45, 2.75) is 26.2 Å². The molecule has 0 saturated carbocycles. The molecule has 0 radical (unpaired) electrons. The number of hydrogen-bond acceptors (Lipinski definition) is 3. The fourth-order valence-corrected chi connectivity index (χ4v) is 3.24. The quantitative estimate of drug-likeness (QED) is 0.918. The van der Waals surface area contributed by atoms with Gasteiger partial charge in [0, 0.05) is 18.2 Å². The molecule has 0 spiro atoms. The van der Waals surface area contributed by atoms with Crippen LogP contribution in [0, 0.1) is 12.3 Å². The third-order valence-corrected chi connectivity index (χ3v) is 4.57. The van der Waals surface area contributed by atoms with Gasteiger partial charge in [-0.3, -0.25) is 4.98 Å². The average Bonchev–Trinajstić information content (AvgIpc) is 2.57. The lowest BCUT2D eigenvalue weighted by Gasteiger charge is -2.38. The van der Waals surface area contributed by atoms with E-state index in [1.807, 2.05) is 12.1 Å². The van der Waals surface area contributed by atoms with Crippen molar-refractivity contribution in [2.24, 2.45) is 5.41 Å². The van der Waals surface area contributed by atoms with Crippen LogP contribution in [0.2, 0.25) is 0 Å². The third-order valence-electron chi connectivity index (χ3n) is 4.57. The van der Waals surface area contributed by atoms with Crippen LogP contribution < -0.4 is 10.1 Å². The summed E-state index contributed by atoms with van der Waals surface area (Å²) in [6.07, 6.45) is 7.04.